The zero-order valence-corrected chi connectivity index (χ0v) is 33.5. The summed E-state index contributed by atoms with van der Waals surface area (Å²) in [4.78, 5) is 17.1. The summed E-state index contributed by atoms with van der Waals surface area (Å²) in [5, 5.41) is 17.3. The summed E-state index contributed by atoms with van der Waals surface area (Å²) in [5.74, 6) is 0.286. The van der Waals surface area contributed by atoms with E-state index >= 15 is 0 Å². The molecule has 0 bridgehead atoms. The first-order valence-electron chi connectivity index (χ1n) is 17.6. The van der Waals surface area contributed by atoms with E-state index in [4.69, 9.17) is 9.40 Å². The van der Waals surface area contributed by atoms with Gasteiger partial charge in [-0.15, -0.1) is 29.1 Å². The minimum atomic E-state index is -0.337. The van der Waals surface area contributed by atoms with Gasteiger partial charge in [0.2, 0.25) is 0 Å². The number of carbonyl (C=O) groups excluding carboxylic acids is 1. The van der Waals surface area contributed by atoms with E-state index in [0.717, 1.165) is 53.5 Å². The number of hydrogen-bond donors (Lipinski definition) is 1. The van der Waals surface area contributed by atoms with Gasteiger partial charge in [0.05, 0.1) is 0 Å². The van der Waals surface area contributed by atoms with E-state index < -0.39 is 0 Å². The number of aryl methyl sites for hydroxylation is 2. The quantitative estimate of drug-likeness (QED) is 0.0718. The van der Waals surface area contributed by atoms with Crippen molar-refractivity contribution in [1.82, 2.24) is 4.98 Å². The number of rotatable bonds is 8. The molecule has 49 heavy (non-hydrogen) atoms. The summed E-state index contributed by atoms with van der Waals surface area (Å²) in [6.07, 6.45) is 6.77. The Morgan fingerprint density at radius 2 is 1.41 bits per heavy atom. The molecule has 2 aromatic heterocycles. The van der Waals surface area contributed by atoms with E-state index in [-0.39, 0.29) is 47.9 Å². The number of ketones is 1. The molecule has 0 saturated carbocycles. The van der Waals surface area contributed by atoms with Gasteiger partial charge in [-0.3, -0.25) is 9.78 Å². The average molecular weight is 835 g/mol. The Kier molecular flexibility index (Phi) is 11.2. The molecule has 1 radical (unpaired) electrons. The topological polar surface area (TPSA) is 63.3 Å². The van der Waals surface area contributed by atoms with Gasteiger partial charge in [0.25, 0.3) is 0 Å². The van der Waals surface area contributed by atoms with E-state index in [9.17, 15) is 9.90 Å². The summed E-state index contributed by atoms with van der Waals surface area (Å²) in [6.45, 7) is 23.2. The van der Waals surface area contributed by atoms with Gasteiger partial charge in [-0.1, -0.05) is 104 Å². The molecule has 261 valence electrons. The second-order valence-corrected chi connectivity index (χ2v) is 15.1. The molecule has 0 amide bonds. The van der Waals surface area contributed by atoms with Crippen molar-refractivity contribution in [3.8, 4) is 11.3 Å². The van der Waals surface area contributed by atoms with Crippen molar-refractivity contribution in [2.75, 3.05) is 0 Å². The number of fused-ring (bicyclic) bond motifs is 1. The van der Waals surface area contributed by atoms with Gasteiger partial charge in [-0.25, -0.2) is 0 Å². The molecule has 5 heteroatoms. The number of pyridine rings is 1. The molecule has 4 nitrogen and oxygen atoms in total. The van der Waals surface area contributed by atoms with E-state index in [0.29, 0.717) is 0 Å². The minimum absolute atomic E-state index is 0. The van der Waals surface area contributed by atoms with E-state index in [1.807, 2.05) is 47.7 Å². The van der Waals surface area contributed by atoms with Crippen LogP contribution in [0.5, 0.6) is 0 Å². The zero-order valence-electron chi connectivity index (χ0n) is 31.1. The van der Waals surface area contributed by atoms with Crippen molar-refractivity contribution in [3.05, 3.63) is 89.3 Å². The maximum Gasteiger partial charge on any atom is 0.164 e. The third-order valence-electron chi connectivity index (χ3n) is 11.3. The Balaban J connectivity index is 0.000000260. The summed E-state index contributed by atoms with van der Waals surface area (Å²) in [5.41, 5.74) is 6.89. The Morgan fingerprint density at radius 3 is 2.02 bits per heavy atom. The fourth-order valence-electron chi connectivity index (χ4n) is 6.68. The van der Waals surface area contributed by atoms with Crippen LogP contribution >= 0.6 is 0 Å². The van der Waals surface area contributed by atoms with Crippen molar-refractivity contribution < 1.29 is 34.4 Å². The maximum absolute atomic E-state index is 12.2. The molecule has 1 N–H and O–H groups in total. The molecule has 4 aromatic carbocycles. The van der Waals surface area contributed by atoms with Gasteiger partial charge in [-0.2, -0.15) is 0 Å². The third kappa shape index (κ3) is 6.82. The molecule has 0 aliphatic rings. The second-order valence-electron chi connectivity index (χ2n) is 15.1. The molecule has 0 aliphatic heterocycles. The first-order valence-corrected chi connectivity index (χ1v) is 17.6. The van der Waals surface area contributed by atoms with Crippen molar-refractivity contribution in [2.24, 2.45) is 10.8 Å². The minimum Gasteiger partial charge on any atom is -0.512 e. The van der Waals surface area contributed by atoms with Crippen LogP contribution in [0.4, 0.5) is 0 Å². The maximum atomic E-state index is 12.2. The summed E-state index contributed by atoms with van der Waals surface area (Å²) < 4.78 is 6.46. The van der Waals surface area contributed by atoms with Crippen LogP contribution in [-0.4, -0.2) is 15.9 Å². The SMILES string of the molecule is CCC(C)(CC)C(=O)/C=C(\O)C(C)(CC)CC.Cc1c(C)c2cnc(-c3[c-]c4ccccc4c(C(C)(C)C)c3)c3oc4cccc1c4c23.[Ir]. The number of carbonyl (C=O) groups is 1. The van der Waals surface area contributed by atoms with E-state index in [1.54, 1.807) is 0 Å². The first kappa shape index (κ1) is 38.3. The molecular formula is C44H52IrNO3-. The monoisotopic (exact) mass is 835 g/mol. The zero-order chi connectivity index (χ0) is 35.2. The van der Waals surface area contributed by atoms with Gasteiger partial charge >= 0.3 is 0 Å². The Labute approximate surface area is 306 Å². The number of allylic oxidation sites excluding steroid dienone is 2. The fraction of sp³-hybridized carbons (Fsp3) is 0.409. The average Bonchev–Trinajstić information content (AvgIpc) is 3.48. The van der Waals surface area contributed by atoms with Crippen LogP contribution in [-0.2, 0) is 30.3 Å². The van der Waals surface area contributed by atoms with Crippen LogP contribution in [0, 0.1) is 30.7 Å². The number of aliphatic hydroxyl groups is 1. The largest absolute Gasteiger partial charge is 0.512 e. The summed E-state index contributed by atoms with van der Waals surface area (Å²) in [7, 11) is 0. The third-order valence-corrected chi connectivity index (χ3v) is 11.3. The predicted molar refractivity (Wildman–Crippen MR) is 203 cm³/mol. The Morgan fingerprint density at radius 1 is 0.816 bits per heavy atom. The van der Waals surface area contributed by atoms with Crippen LogP contribution in [0.3, 0.4) is 0 Å². The van der Waals surface area contributed by atoms with Crippen molar-refractivity contribution >= 4 is 49.3 Å². The molecule has 2 heterocycles. The Hall–Kier alpha value is -3.53. The van der Waals surface area contributed by atoms with Gasteiger partial charge in [0.1, 0.15) is 16.9 Å². The van der Waals surface area contributed by atoms with Crippen molar-refractivity contribution in [3.63, 3.8) is 0 Å². The normalized spacial score (nSPS) is 12.8. The van der Waals surface area contributed by atoms with E-state index in [2.05, 4.69) is 89.2 Å². The van der Waals surface area contributed by atoms with Crippen LogP contribution in [0.2, 0.25) is 0 Å². The fourth-order valence-corrected chi connectivity index (χ4v) is 6.68. The smallest absolute Gasteiger partial charge is 0.164 e. The molecule has 0 aliphatic carbocycles. The number of aliphatic hydroxyl groups excluding tert-OH is 1. The van der Waals surface area contributed by atoms with Gasteiger partial charge in [0.15, 0.2) is 5.78 Å². The molecule has 6 rings (SSSR count). The molecule has 0 unspecified atom stereocenters. The second kappa shape index (κ2) is 14.4. The number of nitrogens with zero attached hydrogens (tertiary/aromatic N) is 1. The van der Waals surface area contributed by atoms with Crippen LogP contribution in [0.15, 0.2) is 71.0 Å². The molecule has 0 fully saturated rings. The summed E-state index contributed by atoms with van der Waals surface area (Å²) >= 11 is 0. The molecule has 0 atom stereocenters. The van der Waals surface area contributed by atoms with Gasteiger partial charge < -0.3 is 9.52 Å². The van der Waals surface area contributed by atoms with Crippen LogP contribution < -0.4 is 0 Å². The number of aromatic nitrogens is 1. The summed E-state index contributed by atoms with van der Waals surface area (Å²) in [6, 6.07) is 20.7. The van der Waals surface area contributed by atoms with Crippen LogP contribution in [0.25, 0.3) is 54.7 Å². The molecular weight excluding hydrogens is 783 g/mol. The number of benzene rings is 4. The number of furan rings is 1. The van der Waals surface area contributed by atoms with E-state index in [1.165, 1.54) is 49.7 Å². The van der Waals surface area contributed by atoms with Gasteiger partial charge in [0, 0.05) is 65.1 Å². The molecule has 0 saturated heterocycles. The first-order chi connectivity index (χ1) is 22.6. The molecule has 0 spiro atoms. The predicted octanol–water partition coefficient (Wildman–Crippen LogP) is 12.8. The van der Waals surface area contributed by atoms with Crippen LogP contribution in [0.1, 0.15) is 105 Å². The van der Waals surface area contributed by atoms with Crippen molar-refractivity contribution in [2.45, 2.75) is 107 Å². The molecule has 6 aromatic rings. The number of hydrogen-bond acceptors (Lipinski definition) is 4. The Bertz CT molecular complexity index is 2140. The van der Waals surface area contributed by atoms with Gasteiger partial charge in [-0.05, 0) is 67.5 Å². The standard InChI is InChI=1S/C29H24NO.C15H28O2.Ir/c1-16-17(2)22-15-30-27(28-26(22)25-20(16)11-8-12-24(25)31-28)19-13-18-9-6-7-10-21(18)23(14-19)29(3,4)5;1-7-14(5,8-2)12(16)11-13(17)15(6,9-3)10-4;/h6-12,14-15H,1-5H3;11,16H,7-10H2,1-6H3;/q-1;;/b;12-11-;. The van der Waals surface area contributed by atoms with Crippen molar-refractivity contribution in [1.29, 1.82) is 0 Å².